The Hall–Kier alpha value is -4.95. The first-order valence-electron chi connectivity index (χ1n) is 16.5. The van der Waals surface area contributed by atoms with E-state index in [-0.39, 0.29) is 42.3 Å². The molecular weight excluding hydrogens is 653 g/mol. The molecule has 0 radical (unpaired) electrons. The number of nitrogens with one attached hydrogen (secondary N) is 2. The van der Waals surface area contributed by atoms with Gasteiger partial charge in [0.1, 0.15) is 22.9 Å². The molecule has 0 bridgehead atoms. The third-order valence-electron chi connectivity index (χ3n) is 7.69. The number of nitrogens with zero attached hydrogens (tertiary/aromatic N) is 6. The predicted octanol–water partition coefficient (Wildman–Crippen LogP) is 8.16. The Bertz CT molecular complexity index is 1790. The summed E-state index contributed by atoms with van der Waals surface area (Å²) in [4.78, 5) is 51.9. The zero-order valence-corrected chi connectivity index (χ0v) is 29.3. The van der Waals surface area contributed by atoms with E-state index in [1.54, 1.807) is 56.4 Å². The van der Waals surface area contributed by atoms with Crippen molar-refractivity contribution in [3.05, 3.63) is 60.2 Å². The molecule has 4 heterocycles. The maximum atomic E-state index is 14.1. The lowest BCUT2D eigenvalue weighted by atomic mass is 10.1. The minimum atomic E-state index is -4.73. The monoisotopic (exact) mass is 696 g/mol. The van der Waals surface area contributed by atoms with Crippen molar-refractivity contribution in [3.8, 4) is 33.9 Å². The van der Waals surface area contributed by atoms with E-state index in [9.17, 15) is 22.8 Å². The van der Waals surface area contributed by atoms with Gasteiger partial charge in [-0.2, -0.15) is 13.2 Å². The molecule has 268 valence electrons. The second-order valence-electron chi connectivity index (χ2n) is 14.2. The number of imidazole rings is 2. The van der Waals surface area contributed by atoms with Crippen LogP contribution in [-0.4, -0.2) is 76.2 Å². The van der Waals surface area contributed by atoms with Gasteiger partial charge in [-0.25, -0.2) is 29.5 Å². The van der Waals surface area contributed by atoms with Crippen molar-refractivity contribution in [1.82, 2.24) is 39.7 Å². The lowest BCUT2D eigenvalue weighted by Crippen LogP contribution is -2.37. The number of H-pyrrole nitrogens is 2. The highest BCUT2D eigenvalue weighted by atomic mass is 19.4. The highest BCUT2D eigenvalue weighted by Crippen LogP contribution is 2.37. The van der Waals surface area contributed by atoms with Gasteiger partial charge in [-0.1, -0.05) is 31.2 Å². The summed E-state index contributed by atoms with van der Waals surface area (Å²) in [7, 11) is 0. The van der Waals surface area contributed by atoms with Gasteiger partial charge in [0.15, 0.2) is 11.5 Å². The van der Waals surface area contributed by atoms with Crippen LogP contribution >= 0.6 is 0 Å². The van der Waals surface area contributed by atoms with Crippen LogP contribution in [0.4, 0.5) is 22.8 Å². The molecule has 1 saturated heterocycles. The molecule has 0 aliphatic carbocycles. The molecule has 1 aliphatic rings. The number of amides is 2. The summed E-state index contributed by atoms with van der Waals surface area (Å²) in [5.74, 6) is 1.01. The summed E-state index contributed by atoms with van der Waals surface area (Å²) in [6.45, 7) is 13.2. The summed E-state index contributed by atoms with van der Waals surface area (Å²) >= 11 is 0. The van der Waals surface area contributed by atoms with E-state index in [4.69, 9.17) is 9.47 Å². The molecule has 4 aromatic rings. The summed E-state index contributed by atoms with van der Waals surface area (Å²) in [6, 6.07) is 6.11. The molecule has 3 aromatic heterocycles. The number of carbonyl (C=O) groups excluding carboxylic acids is 2. The van der Waals surface area contributed by atoms with E-state index < -0.39 is 29.2 Å². The molecule has 2 amide bonds. The van der Waals surface area contributed by atoms with E-state index in [2.05, 4.69) is 29.9 Å². The lowest BCUT2D eigenvalue weighted by molar-refractivity contribution is -0.140. The van der Waals surface area contributed by atoms with E-state index >= 15 is 0 Å². The molecular formula is C35H43F3N8O4. The second kappa shape index (κ2) is 14.1. The summed E-state index contributed by atoms with van der Waals surface area (Å²) < 4.78 is 53.3. The molecule has 1 aromatic carbocycles. The Balaban J connectivity index is 1.31. The van der Waals surface area contributed by atoms with Crippen LogP contribution in [0.1, 0.15) is 91.1 Å². The van der Waals surface area contributed by atoms with Crippen molar-refractivity contribution in [3.63, 3.8) is 0 Å². The van der Waals surface area contributed by atoms with Crippen LogP contribution in [0.3, 0.4) is 0 Å². The molecule has 50 heavy (non-hydrogen) atoms. The molecule has 2 N–H and O–H groups in total. The topological polar surface area (TPSA) is 142 Å². The molecule has 0 spiro atoms. The number of alkyl halides is 3. The van der Waals surface area contributed by atoms with Crippen LogP contribution in [0.25, 0.3) is 33.9 Å². The van der Waals surface area contributed by atoms with Gasteiger partial charge in [0.05, 0.1) is 30.2 Å². The van der Waals surface area contributed by atoms with Crippen molar-refractivity contribution in [1.29, 1.82) is 0 Å². The first-order chi connectivity index (χ1) is 23.4. The van der Waals surface area contributed by atoms with Crippen LogP contribution in [0.5, 0.6) is 0 Å². The fraction of sp³-hybridized carbons (Fsp3) is 0.486. The minimum Gasteiger partial charge on any atom is -0.444 e. The normalized spacial score (nSPS) is 15.3. The maximum absolute atomic E-state index is 14.1. The van der Waals surface area contributed by atoms with E-state index in [0.29, 0.717) is 41.4 Å². The van der Waals surface area contributed by atoms with Crippen molar-refractivity contribution < 1.29 is 32.2 Å². The lowest BCUT2D eigenvalue weighted by Gasteiger charge is -2.27. The van der Waals surface area contributed by atoms with Gasteiger partial charge in [0, 0.05) is 42.2 Å². The highest BCUT2D eigenvalue weighted by Gasteiger charge is 2.38. The Morgan fingerprint density at radius 1 is 0.900 bits per heavy atom. The van der Waals surface area contributed by atoms with Crippen LogP contribution < -0.4 is 0 Å². The third-order valence-corrected chi connectivity index (χ3v) is 7.69. The first kappa shape index (κ1) is 36.3. The summed E-state index contributed by atoms with van der Waals surface area (Å²) in [5, 5.41) is 0. The molecule has 1 aliphatic heterocycles. The average Bonchev–Trinajstić information content (AvgIpc) is 3.79. The summed E-state index contributed by atoms with van der Waals surface area (Å²) in [5.41, 5.74) is -0.444. The predicted molar refractivity (Wildman–Crippen MR) is 179 cm³/mol. The van der Waals surface area contributed by atoms with Crippen molar-refractivity contribution in [2.75, 3.05) is 13.1 Å². The Labute approximate surface area is 288 Å². The largest absolute Gasteiger partial charge is 0.444 e. The van der Waals surface area contributed by atoms with Crippen LogP contribution in [0, 0.1) is 0 Å². The van der Waals surface area contributed by atoms with Gasteiger partial charge >= 0.3 is 18.4 Å². The van der Waals surface area contributed by atoms with Gasteiger partial charge in [-0.15, -0.1) is 0 Å². The van der Waals surface area contributed by atoms with Gasteiger partial charge < -0.3 is 24.3 Å². The van der Waals surface area contributed by atoms with Gasteiger partial charge in [-0.3, -0.25) is 4.90 Å². The standard InChI is InChI=1S/C35H43F3N8O4/c1-8-15-45(31(47)49-33(2,3)4)20-26-43-27(28(44-26)35(36,37)38)21-11-13-22(14-12-21)29-39-17-23(18-40-29)24-19-41-30(42-24)25-10-9-16-46(25)32(48)50-34(5,6)7/h11-14,17-19,25H,8-10,15-16,20H2,1-7H3,(H,41,42)(H,43,44)/t25-/m0/s1. The molecule has 1 atom stereocenters. The van der Waals surface area contributed by atoms with E-state index in [1.807, 2.05) is 27.7 Å². The number of likely N-dealkylation sites (tertiary alicyclic amines) is 1. The van der Waals surface area contributed by atoms with Crippen LogP contribution in [-0.2, 0) is 22.2 Å². The van der Waals surface area contributed by atoms with Crippen molar-refractivity contribution >= 4 is 12.2 Å². The molecule has 15 heteroatoms. The van der Waals surface area contributed by atoms with E-state index in [1.165, 1.54) is 17.0 Å². The van der Waals surface area contributed by atoms with Crippen LogP contribution in [0.2, 0.25) is 0 Å². The zero-order chi connectivity index (χ0) is 36.4. The SMILES string of the molecule is CCCN(Cc1nc(C(F)(F)F)c(-c2ccc(-c3ncc(-c4cnc([C@@H]5CCCN5C(=O)OC(C)(C)C)[nH]4)cn3)cc2)[nH]1)C(=O)OC(C)(C)C. The van der Waals surface area contributed by atoms with E-state index in [0.717, 1.165) is 12.8 Å². The third kappa shape index (κ3) is 8.79. The number of carbonyl (C=O) groups is 2. The first-order valence-corrected chi connectivity index (χ1v) is 16.5. The molecule has 1 fully saturated rings. The fourth-order valence-corrected chi connectivity index (χ4v) is 5.57. The average molecular weight is 697 g/mol. The Morgan fingerprint density at radius 2 is 1.54 bits per heavy atom. The maximum Gasteiger partial charge on any atom is 0.435 e. The minimum absolute atomic E-state index is 0.0120. The van der Waals surface area contributed by atoms with Gasteiger partial charge in [-0.05, 0) is 60.8 Å². The van der Waals surface area contributed by atoms with Crippen molar-refractivity contribution in [2.45, 2.75) is 97.7 Å². The Kier molecular flexibility index (Phi) is 10.3. The van der Waals surface area contributed by atoms with Crippen molar-refractivity contribution in [2.24, 2.45) is 0 Å². The zero-order valence-electron chi connectivity index (χ0n) is 29.3. The number of hydrogen-bond acceptors (Lipinski definition) is 8. The molecule has 0 saturated carbocycles. The Morgan fingerprint density at radius 3 is 2.14 bits per heavy atom. The number of aromatic amines is 2. The fourth-order valence-electron chi connectivity index (χ4n) is 5.57. The second-order valence-corrected chi connectivity index (χ2v) is 14.2. The molecule has 0 unspecified atom stereocenters. The number of aromatic nitrogens is 6. The number of rotatable bonds is 8. The number of hydrogen-bond donors (Lipinski definition) is 2. The summed E-state index contributed by atoms with van der Waals surface area (Å²) in [6.07, 6.45) is 1.35. The van der Waals surface area contributed by atoms with Gasteiger partial charge in [0.25, 0.3) is 0 Å². The number of ether oxygens (including phenoxy) is 2. The van der Waals surface area contributed by atoms with Crippen LogP contribution in [0.15, 0.2) is 42.9 Å². The quantitative estimate of drug-likeness (QED) is 0.188. The highest BCUT2D eigenvalue weighted by molar-refractivity contribution is 5.70. The number of halogens is 3. The molecule has 12 nitrogen and oxygen atoms in total. The van der Waals surface area contributed by atoms with Gasteiger partial charge in [0.2, 0.25) is 0 Å². The number of benzene rings is 1. The molecule has 5 rings (SSSR count). The smallest absolute Gasteiger partial charge is 0.435 e.